The predicted molar refractivity (Wildman–Crippen MR) is 89.8 cm³/mol. The molecule has 0 atom stereocenters. The first-order chi connectivity index (χ1) is 11.7. The van der Waals surface area contributed by atoms with Gasteiger partial charge in [0.1, 0.15) is 0 Å². The fourth-order valence-corrected chi connectivity index (χ4v) is 2.45. The van der Waals surface area contributed by atoms with E-state index in [2.05, 4.69) is 15.3 Å². The Morgan fingerprint density at radius 1 is 0.917 bits per heavy atom. The second-order valence-electron chi connectivity index (χ2n) is 5.39. The molecule has 118 valence electrons. The summed E-state index contributed by atoms with van der Waals surface area (Å²) in [5, 5.41) is 8.04. The van der Waals surface area contributed by atoms with E-state index in [4.69, 9.17) is 14.8 Å². The lowest BCUT2D eigenvalue weighted by atomic mass is 10.1. The number of anilines is 1. The molecule has 0 aliphatic carbocycles. The summed E-state index contributed by atoms with van der Waals surface area (Å²) in [6, 6.07) is 17.1. The van der Waals surface area contributed by atoms with Gasteiger partial charge in [-0.2, -0.15) is 4.98 Å². The van der Waals surface area contributed by atoms with Crippen LogP contribution in [-0.4, -0.2) is 15.3 Å². The first-order valence-corrected chi connectivity index (χ1v) is 7.44. The number of nitrogens with two attached hydrogens (primary N) is 1. The summed E-state index contributed by atoms with van der Waals surface area (Å²) in [5.41, 5.74) is 9.79. The lowest BCUT2D eigenvalue weighted by Gasteiger charge is -2.03. The Labute approximate surface area is 137 Å². The quantitative estimate of drug-likeness (QED) is 0.575. The summed E-state index contributed by atoms with van der Waals surface area (Å²) < 4.78 is 10.7. The van der Waals surface area contributed by atoms with Crippen molar-refractivity contribution in [2.24, 2.45) is 0 Å². The van der Waals surface area contributed by atoms with Crippen LogP contribution in [-0.2, 0) is 0 Å². The van der Waals surface area contributed by atoms with Gasteiger partial charge in [0.05, 0.1) is 0 Å². The van der Waals surface area contributed by atoms with E-state index in [1.54, 1.807) is 6.07 Å². The molecule has 0 saturated carbocycles. The van der Waals surface area contributed by atoms with Crippen molar-refractivity contribution in [3.63, 3.8) is 0 Å². The maximum Gasteiger partial charge on any atom is 0.280 e. The molecule has 2 heterocycles. The van der Waals surface area contributed by atoms with Crippen molar-refractivity contribution in [2.45, 2.75) is 6.92 Å². The van der Waals surface area contributed by atoms with Crippen molar-refractivity contribution < 1.29 is 9.05 Å². The Balaban J connectivity index is 1.69. The normalized spacial score (nSPS) is 10.9. The van der Waals surface area contributed by atoms with Gasteiger partial charge in [-0.15, -0.1) is 0 Å². The zero-order valence-corrected chi connectivity index (χ0v) is 12.9. The number of hydrogen-bond acceptors (Lipinski definition) is 6. The molecule has 24 heavy (non-hydrogen) atoms. The molecule has 0 bridgehead atoms. The summed E-state index contributed by atoms with van der Waals surface area (Å²) in [6.07, 6.45) is 0. The maximum absolute atomic E-state index is 5.93. The zero-order valence-electron chi connectivity index (χ0n) is 12.9. The van der Waals surface area contributed by atoms with Gasteiger partial charge in [-0.3, -0.25) is 0 Å². The van der Waals surface area contributed by atoms with E-state index in [-0.39, 0.29) is 0 Å². The summed E-state index contributed by atoms with van der Waals surface area (Å²) in [4.78, 5) is 4.40. The maximum atomic E-state index is 5.93. The third kappa shape index (κ3) is 2.44. The molecule has 0 fully saturated rings. The van der Waals surface area contributed by atoms with Gasteiger partial charge in [-0.25, -0.2) is 0 Å². The molecule has 0 aliphatic heterocycles. The highest BCUT2D eigenvalue weighted by molar-refractivity contribution is 5.69. The van der Waals surface area contributed by atoms with Crippen molar-refractivity contribution in [3.05, 3.63) is 60.2 Å². The van der Waals surface area contributed by atoms with Crippen molar-refractivity contribution in [1.29, 1.82) is 0 Å². The van der Waals surface area contributed by atoms with Crippen LogP contribution in [0.15, 0.2) is 63.6 Å². The largest absolute Gasteiger partial charge is 0.398 e. The minimum Gasteiger partial charge on any atom is -0.398 e. The van der Waals surface area contributed by atoms with Gasteiger partial charge < -0.3 is 14.8 Å². The topological polar surface area (TPSA) is 91.0 Å². The van der Waals surface area contributed by atoms with Crippen LogP contribution in [0, 0.1) is 6.92 Å². The van der Waals surface area contributed by atoms with Gasteiger partial charge in [0, 0.05) is 22.9 Å². The molecule has 4 rings (SSSR count). The van der Waals surface area contributed by atoms with Crippen LogP contribution in [0.3, 0.4) is 0 Å². The number of aromatic nitrogens is 3. The second kappa shape index (κ2) is 5.66. The molecule has 2 N–H and O–H groups in total. The SMILES string of the molecule is Cc1c(N)cccc1-c1noc(-c2cc(-c3ccccc3)on2)n1. The molecule has 0 amide bonds. The molecule has 6 heteroatoms. The van der Waals surface area contributed by atoms with E-state index in [1.807, 2.05) is 55.5 Å². The van der Waals surface area contributed by atoms with Crippen LogP contribution in [0.25, 0.3) is 34.3 Å². The summed E-state index contributed by atoms with van der Waals surface area (Å²) in [6.45, 7) is 1.92. The molecule has 6 nitrogen and oxygen atoms in total. The fraction of sp³-hybridized carbons (Fsp3) is 0.0556. The van der Waals surface area contributed by atoms with Gasteiger partial charge in [-0.1, -0.05) is 52.8 Å². The van der Waals surface area contributed by atoms with Crippen LogP contribution in [0.2, 0.25) is 0 Å². The Morgan fingerprint density at radius 3 is 2.58 bits per heavy atom. The molecule has 0 aliphatic rings. The minimum atomic E-state index is 0.303. The van der Waals surface area contributed by atoms with E-state index in [1.165, 1.54) is 0 Å². The molecular formula is C18H14N4O2. The minimum absolute atomic E-state index is 0.303. The van der Waals surface area contributed by atoms with Crippen LogP contribution in [0.4, 0.5) is 5.69 Å². The monoisotopic (exact) mass is 318 g/mol. The molecule has 0 saturated heterocycles. The molecule has 2 aromatic heterocycles. The van der Waals surface area contributed by atoms with Crippen LogP contribution in [0.1, 0.15) is 5.56 Å². The van der Waals surface area contributed by atoms with Gasteiger partial charge in [0.2, 0.25) is 5.82 Å². The number of benzene rings is 2. The number of nitrogens with zero attached hydrogens (tertiary/aromatic N) is 3. The second-order valence-corrected chi connectivity index (χ2v) is 5.39. The third-order valence-corrected chi connectivity index (χ3v) is 3.83. The average Bonchev–Trinajstić information content (AvgIpc) is 3.27. The van der Waals surface area contributed by atoms with Gasteiger partial charge in [0.15, 0.2) is 11.5 Å². The first-order valence-electron chi connectivity index (χ1n) is 7.44. The van der Waals surface area contributed by atoms with Crippen molar-refractivity contribution in [3.8, 4) is 34.3 Å². The first kappa shape index (κ1) is 14.2. The summed E-state index contributed by atoms with van der Waals surface area (Å²) in [7, 11) is 0. The number of hydrogen-bond donors (Lipinski definition) is 1. The van der Waals surface area contributed by atoms with Gasteiger partial charge in [-0.05, 0) is 18.6 Å². The highest BCUT2D eigenvalue weighted by Crippen LogP contribution is 2.28. The Hall–Kier alpha value is -3.41. The van der Waals surface area contributed by atoms with E-state index in [0.29, 0.717) is 28.9 Å². The Kier molecular flexibility index (Phi) is 3.35. The lowest BCUT2D eigenvalue weighted by molar-refractivity contribution is 0.411. The molecule has 0 unspecified atom stereocenters. The molecule has 0 radical (unpaired) electrons. The summed E-state index contributed by atoms with van der Waals surface area (Å²) in [5.74, 6) is 1.42. The van der Waals surface area contributed by atoms with Gasteiger partial charge >= 0.3 is 0 Å². The van der Waals surface area contributed by atoms with Gasteiger partial charge in [0.25, 0.3) is 5.89 Å². The highest BCUT2D eigenvalue weighted by Gasteiger charge is 2.17. The smallest absolute Gasteiger partial charge is 0.280 e. The number of rotatable bonds is 3. The van der Waals surface area contributed by atoms with E-state index >= 15 is 0 Å². The highest BCUT2D eigenvalue weighted by atomic mass is 16.5. The molecule has 0 spiro atoms. The molecular weight excluding hydrogens is 304 g/mol. The lowest BCUT2D eigenvalue weighted by Crippen LogP contribution is -1.92. The average molecular weight is 318 g/mol. The molecule has 4 aromatic rings. The molecule has 2 aromatic carbocycles. The van der Waals surface area contributed by atoms with Crippen molar-refractivity contribution >= 4 is 5.69 Å². The Bertz CT molecular complexity index is 989. The van der Waals surface area contributed by atoms with Crippen LogP contribution < -0.4 is 5.73 Å². The predicted octanol–water partition coefficient (Wildman–Crippen LogP) is 3.95. The van der Waals surface area contributed by atoms with E-state index in [9.17, 15) is 0 Å². The van der Waals surface area contributed by atoms with Crippen LogP contribution in [0.5, 0.6) is 0 Å². The van der Waals surface area contributed by atoms with Crippen molar-refractivity contribution in [1.82, 2.24) is 15.3 Å². The Morgan fingerprint density at radius 2 is 1.75 bits per heavy atom. The number of nitrogen functional groups attached to an aromatic ring is 1. The van der Waals surface area contributed by atoms with Crippen LogP contribution >= 0.6 is 0 Å². The summed E-state index contributed by atoms with van der Waals surface area (Å²) >= 11 is 0. The fourth-order valence-electron chi connectivity index (χ4n) is 2.45. The van der Waals surface area contributed by atoms with Crippen molar-refractivity contribution in [2.75, 3.05) is 5.73 Å². The third-order valence-electron chi connectivity index (χ3n) is 3.83. The standard InChI is InChI=1S/C18H14N4O2/c1-11-13(8-5-9-14(11)19)17-20-18(24-22-17)15-10-16(23-21-15)12-6-3-2-4-7-12/h2-10H,19H2,1H3. The zero-order chi connectivity index (χ0) is 16.5. The van der Waals surface area contributed by atoms with E-state index < -0.39 is 0 Å². The van der Waals surface area contributed by atoms with E-state index in [0.717, 1.165) is 16.7 Å².